The van der Waals surface area contributed by atoms with Crippen molar-refractivity contribution in [2.75, 3.05) is 13.6 Å². The van der Waals surface area contributed by atoms with E-state index >= 15 is 0 Å². The maximum atomic E-state index is 12.5. The Balaban J connectivity index is 1.84. The van der Waals surface area contributed by atoms with E-state index in [1.165, 1.54) is 28.6 Å². The largest absolute Gasteiger partial charge is 0.344 e. The first-order chi connectivity index (χ1) is 12.0. The van der Waals surface area contributed by atoms with E-state index in [2.05, 4.69) is 23.0 Å². The summed E-state index contributed by atoms with van der Waals surface area (Å²) >= 11 is 3.28. The molecule has 0 spiro atoms. The minimum atomic E-state index is -0.236. The van der Waals surface area contributed by atoms with Gasteiger partial charge in [-0.05, 0) is 37.7 Å². The van der Waals surface area contributed by atoms with E-state index < -0.39 is 0 Å². The molecule has 1 aliphatic carbocycles. The Morgan fingerprint density at radius 2 is 2.36 bits per heavy atom. The molecule has 2 aromatic rings. The van der Waals surface area contributed by atoms with E-state index in [1.807, 2.05) is 6.92 Å². The van der Waals surface area contributed by atoms with Crippen LogP contribution in [0.4, 0.5) is 0 Å². The van der Waals surface area contributed by atoms with Gasteiger partial charge >= 0.3 is 0 Å². The van der Waals surface area contributed by atoms with E-state index in [-0.39, 0.29) is 11.2 Å². The van der Waals surface area contributed by atoms with Gasteiger partial charge in [-0.25, -0.2) is 9.97 Å². The molecule has 0 fully saturated rings. The summed E-state index contributed by atoms with van der Waals surface area (Å²) in [5.74, 6) is 0.753. The average molecular weight is 375 g/mol. The predicted octanol–water partition coefficient (Wildman–Crippen LogP) is 3.67. The zero-order chi connectivity index (χ0) is 18.0. The van der Waals surface area contributed by atoms with Gasteiger partial charge < -0.3 is 4.90 Å². The van der Waals surface area contributed by atoms with Gasteiger partial charge in [0, 0.05) is 23.9 Å². The lowest BCUT2D eigenvalue weighted by atomic mass is 9.89. The van der Waals surface area contributed by atoms with E-state index in [0.29, 0.717) is 13.0 Å². The molecule has 0 radical (unpaired) electrons. The van der Waals surface area contributed by atoms with Gasteiger partial charge in [0.15, 0.2) is 0 Å². The third kappa shape index (κ3) is 3.80. The standard InChI is InChI=1S/C18H22N4OS2/c1-11-5-6-13-14(9-11)25-17-15(13)16(20-10-21-17)24-12(2)18(23)22(3)8-4-7-19/h10-12H,4-6,8-9H2,1-3H3/t11-,12-/m1/s1. The number of nitrogens with zero attached hydrogens (tertiary/aromatic N) is 4. The minimum absolute atomic E-state index is 0.0322. The number of carbonyl (C=O) groups is 1. The van der Waals surface area contributed by atoms with Crippen molar-refractivity contribution in [2.24, 2.45) is 5.92 Å². The van der Waals surface area contributed by atoms with Gasteiger partial charge in [-0.3, -0.25) is 4.79 Å². The van der Waals surface area contributed by atoms with Gasteiger partial charge in [-0.2, -0.15) is 5.26 Å². The van der Waals surface area contributed by atoms with Crippen molar-refractivity contribution in [3.63, 3.8) is 0 Å². The third-order valence-corrected chi connectivity index (χ3v) is 6.88. The Labute approximate surface area is 156 Å². The Kier molecular flexibility index (Phi) is 5.60. The van der Waals surface area contributed by atoms with Crippen molar-refractivity contribution < 1.29 is 4.79 Å². The lowest BCUT2D eigenvalue weighted by molar-refractivity contribution is -0.128. The maximum Gasteiger partial charge on any atom is 0.235 e. The molecule has 3 rings (SSSR count). The van der Waals surface area contributed by atoms with Gasteiger partial charge in [0.05, 0.1) is 17.7 Å². The smallest absolute Gasteiger partial charge is 0.235 e. The number of fused-ring (bicyclic) bond motifs is 3. The fourth-order valence-electron chi connectivity index (χ4n) is 3.19. The fraction of sp³-hybridized carbons (Fsp3) is 0.556. The molecule has 2 aromatic heterocycles. The SMILES string of the molecule is C[C@@H]1CCc2c(sc3ncnc(S[C@H](C)C(=O)N(C)CCC#N)c23)C1. The van der Waals surface area contributed by atoms with Gasteiger partial charge in [-0.1, -0.05) is 18.7 Å². The van der Waals surface area contributed by atoms with Gasteiger partial charge in [-0.15, -0.1) is 11.3 Å². The monoisotopic (exact) mass is 374 g/mol. The number of hydrogen-bond donors (Lipinski definition) is 0. The second kappa shape index (κ2) is 7.71. The van der Waals surface area contributed by atoms with Crippen molar-refractivity contribution in [2.45, 2.75) is 49.8 Å². The molecular formula is C18H22N4OS2. The molecule has 1 aliphatic rings. The first-order valence-electron chi connectivity index (χ1n) is 8.55. The summed E-state index contributed by atoms with van der Waals surface area (Å²) in [5, 5.41) is 10.5. The molecule has 0 unspecified atom stereocenters. The van der Waals surface area contributed by atoms with Crippen molar-refractivity contribution in [1.29, 1.82) is 5.26 Å². The molecule has 2 heterocycles. The molecule has 132 valence electrons. The molecule has 0 bridgehead atoms. The molecule has 0 aromatic carbocycles. The van der Waals surface area contributed by atoms with Crippen molar-refractivity contribution in [3.05, 3.63) is 16.8 Å². The summed E-state index contributed by atoms with van der Waals surface area (Å²) in [6.07, 6.45) is 5.34. The second-order valence-corrected chi connectivity index (χ2v) is 9.05. The molecule has 7 heteroatoms. The van der Waals surface area contributed by atoms with E-state index in [0.717, 1.165) is 34.0 Å². The van der Waals surface area contributed by atoms with Crippen LogP contribution in [0.1, 0.15) is 37.1 Å². The van der Waals surface area contributed by atoms with Crippen LogP contribution in [0.5, 0.6) is 0 Å². The van der Waals surface area contributed by atoms with Gasteiger partial charge in [0.1, 0.15) is 16.2 Å². The van der Waals surface area contributed by atoms with Crippen LogP contribution in [0.15, 0.2) is 11.4 Å². The summed E-state index contributed by atoms with van der Waals surface area (Å²) in [4.78, 5) is 25.6. The van der Waals surface area contributed by atoms with Crippen LogP contribution in [0.2, 0.25) is 0 Å². The van der Waals surface area contributed by atoms with Crippen LogP contribution in [0.25, 0.3) is 10.2 Å². The number of nitriles is 1. The highest BCUT2D eigenvalue weighted by atomic mass is 32.2. The Morgan fingerprint density at radius 1 is 1.56 bits per heavy atom. The summed E-state index contributed by atoms with van der Waals surface area (Å²) in [6, 6.07) is 2.08. The molecule has 0 saturated heterocycles. The second-order valence-electron chi connectivity index (χ2n) is 6.64. The third-order valence-electron chi connectivity index (χ3n) is 4.63. The summed E-state index contributed by atoms with van der Waals surface area (Å²) in [7, 11) is 1.75. The van der Waals surface area contributed by atoms with Crippen LogP contribution in [0, 0.1) is 17.2 Å². The van der Waals surface area contributed by atoms with Crippen molar-refractivity contribution in [3.8, 4) is 6.07 Å². The molecule has 0 saturated carbocycles. The fourth-order valence-corrected chi connectivity index (χ4v) is 5.67. The number of thioether (sulfide) groups is 1. The summed E-state index contributed by atoms with van der Waals surface area (Å²) in [5.41, 5.74) is 1.39. The number of aromatic nitrogens is 2. The minimum Gasteiger partial charge on any atom is -0.344 e. The molecule has 1 amide bonds. The van der Waals surface area contributed by atoms with Crippen LogP contribution in [-0.2, 0) is 17.6 Å². The average Bonchev–Trinajstić information content (AvgIpc) is 2.97. The van der Waals surface area contributed by atoms with E-state index in [4.69, 9.17) is 5.26 Å². The zero-order valence-electron chi connectivity index (χ0n) is 14.8. The highest BCUT2D eigenvalue weighted by molar-refractivity contribution is 8.00. The molecular weight excluding hydrogens is 352 g/mol. The first kappa shape index (κ1) is 18.2. The topological polar surface area (TPSA) is 69.9 Å². The lowest BCUT2D eigenvalue weighted by Gasteiger charge is -2.20. The van der Waals surface area contributed by atoms with Gasteiger partial charge in [0.2, 0.25) is 5.91 Å². The summed E-state index contributed by atoms with van der Waals surface area (Å²) < 4.78 is 0. The first-order valence-corrected chi connectivity index (χ1v) is 10.2. The molecule has 25 heavy (non-hydrogen) atoms. The van der Waals surface area contributed by atoms with E-state index in [1.54, 1.807) is 29.6 Å². The van der Waals surface area contributed by atoms with Crippen LogP contribution < -0.4 is 0 Å². The molecule has 0 N–H and O–H groups in total. The number of thiophene rings is 1. The van der Waals surface area contributed by atoms with E-state index in [9.17, 15) is 4.79 Å². The van der Waals surface area contributed by atoms with Crippen molar-refractivity contribution in [1.82, 2.24) is 14.9 Å². The van der Waals surface area contributed by atoms with Gasteiger partial charge in [0.25, 0.3) is 0 Å². The molecule has 0 aliphatic heterocycles. The lowest BCUT2D eigenvalue weighted by Crippen LogP contribution is -2.33. The number of carbonyl (C=O) groups excluding carboxylic acids is 1. The highest BCUT2D eigenvalue weighted by Gasteiger charge is 2.25. The van der Waals surface area contributed by atoms with Crippen molar-refractivity contribution >= 4 is 39.2 Å². The number of rotatable bonds is 5. The zero-order valence-corrected chi connectivity index (χ0v) is 16.4. The number of hydrogen-bond acceptors (Lipinski definition) is 6. The Morgan fingerprint density at radius 3 is 3.12 bits per heavy atom. The number of aryl methyl sites for hydroxylation is 1. The summed E-state index contributed by atoms with van der Waals surface area (Å²) in [6.45, 7) is 4.67. The predicted molar refractivity (Wildman–Crippen MR) is 102 cm³/mol. The maximum absolute atomic E-state index is 12.5. The molecule has 2 atom stereocenters. The van der Waals surface area contributed by atoms with Crippen LogP contribution in [-0.4, -0.2) is 39.6 Å². The Hall–Kier alpha value is -1.65. The number of amides is 1. The quantitative estimate of drug-likeness (QED) is 0.590. The van der Waals surface area contributed by atoms with Crippen LogP contribution in [0.3, 0.4) is 0 Å². The highest BCUT2D eigenvalue weighted by Crippen LogP contribution is 2.41. The normalized spacial score (nSPS) is 17.8. The molecule has 5 nitrogen and oxygen atoms in total. The Bertz CT molecular complexity index is 826. The van der Waals surface area contributed by atoms with Crippen LogP contribution >= 0.6 is 23.1 Å².